The van der Waals surface area contributed by atoms with Gasteiger partial charge in [-0.25, -0.2) is 4.98 Å². The van der Waals surface area contributed by atoms with Gasteiger partial charge in [-0.3, -0.25) is 5.21 Å². The van der Waals surface area contributed by atoms with E-state index in [4.69, 9.17) is 0 Å². The molecule has 0 saturated carbocycles. The van der Waals surface area contributed by atoms with Gasteiger partial charge in [0.25, 0.3) is 0 Å². The van der Waals surface area contributed by atoms with Gasteiger partial charge >= 0.3 is 12.1 Å². The second-order valence-corrected chi connectivity index (χ2v) is 7.45. The molecule has 3 heterocycles. The molecule has 11 heteroatoms. The SMILES string of the molecule is O[n+]1cc(CNc2cc(-c3ccccc3)nc3c(Br)cnn23)ccc1OCC(F)(F)F. The maximum atomic E-state index is 12.3. The maximum Gasteiger partial charge on any atom is 0.422 e. The summed E-state index contributed by atoms with van der Waals surface area (Å²) in [5.41, 5.74) is 2.90. The van der Waals surface area contributed by atoms with Gasteiger partial charge in [0, 0.05) is 28.5 Å². The molecule has 0 saturated heterocycles. The van der Waals surface area contributed by atoms with Crippen LogP contribution in [0.15, 0.2) is 65.4 Å². The normalized spacial score (nSPS) is 11.6. The van der Waals surface area contributed by atoms with Crippen LogP contribution < -0.4 is 14.8 Å². The predicted octanol–water partition coefficient (Wildman–Crippen LogP) is 4.24. The van der Waals surface area contributed by atoms with Crippen LogP contribution in [0, 0.1) is 0 Å². The number of anilines is 1. The third kappa shape index (κ3) is 4.88. The highest BCUT2D eigenvalue weighted by Crippen LogP contribution is 2.26. The molecule has 2 N–H and O–H groups in total. The minimum atomic E-state index is -4.49. The first kappa shape index (κ1) is 20.9. The number of benzene rings is 1. The average Bonchev–Trinajstić information content (AvgIpc) is 3.12. The van der Waals surface area contributed by atoms with Crippen molar-refractivity contribution in [2.24, 2.45) is 0 Å². The van der Waals surface area contributed by atoms with E-state index in [9.17, 15) is 18.4 Å². The quantitative estimate of drug-likeness (QED) is 0.309. The first-order valence-corrected chi connectivity index (χ1v) is 9.86. The smallest absolute Gasteiger partial charge is 0.422 e. The van der Waals surface area contributed by atoms with Crippen LogP contribution in [-0.4, -0.2) is 32.6 Å². The molecule has 3 aromatic heterocycles. The number of ether oxygens (including phenoxy) is 1. The highest BCUT2D eigenvalue weighted by atomic mass is 79.9. The molecule has 0 aliphatic heterocycles. The summed E-state index contributed by atoms with van der Waals surface area (Å²) in [6, 6.07) is 14.3. The second-order valence-electron chi connectivity index (χ2n) is 6.60. The highest BCUT2D eigenvalue weighted by molar-refractivity contribution is 9.10. The molecule has 0 atom stereocenters. The van der Waals surface area contributed by atoms with Crippen molar-refractivity contribution in [1.82, 2.24) is 14.6 Å². The monoisotopic (exact) mass is 494 g/mol. The number of hydrogen-bond donors (Lipinski definition) is 2. The van der Waals surface area contributed by atoms with Crippen molar-refractivity contribution in [2.45, 2.75) is 12.7 Å². The summed E-state index contributed by atoms with van der Waals surface area (Å²) >= 11 is 3.45. The fourth-order valence-electron chi connectivity index (χ4n) is 2.90. The Balaban J connectivity index is 1.57. The van der Waals surface area contributed by atoms with Gasteiger partial charge in [0.05, 0.1) is 22.4 Å². The maximum absolute atomic E-state index is 12.3. The Morgan fingerprint density at radius 2 is 1.94 bits per heavy atom. The lowest BCUT2D eigenvalue weighted by Crippen LogP contribution is -2.35. The summed E-state index contributed by atoms with van der Waals surface area (Å²) in [4.78, 5) is 4.65. The van der Waals surface area contributed by atoms with E-state index in [1.807, 2.05) is 36.4 Å². The number of aromatic nitrogens is 4. The first-order chi connectivity index (χ1) is 14.8. The minimum Gasteiger partial charge on any atom is -0.432 e. The largest absolute Gasteiger partial charge is 0.432 e. The topological polar surface area (TPSA) is 75.6 Å². The zero-order valence-corrected chi connectivity index (χ0v) is 17.4. The van der Waals surface area contributed by atoms with E-state index in [-0.39, 0.29) is 12.4 Å². The summed E-state index contributed by atoms with van der Waals surface area (Å²) in [7, 11) is 0. The molecule has 1 aromatic carbocycles. The van der Waals surface area contributed by atoms with E-state index in [1.165, 1.54) is 12.3 Å². The molecule has 0 spiro atoms. The summed E-state index contributed by atoms with van der Waals surface area (Å²) in [5, 5.41) is 17.4. The van der Waals surface area contributed by atoms with Crippen molar-refractivity contribution in [3.8, 4) is 17.1 Å². The van der Waals surface area contributed by atoms with Crippen LogP contribution in [0.25, 0.3) is 16.9 Å². The Morgan fingerprint density at radius 3 is 2.65 bits per heavy atom. The van der Waals surface area contributed by atoms with Crippen molar-refractivity contribution < 1.29 is 27.8 Å². The zero-order valence-electron chi connectivity index (χ0n) is 15.8. The van der Waals surface area contributed by atoms with Crippen LogP contribution in [0.1, 0.15) is 5.56 Å². The summed E-state index contributed by atoms with van der Waals surface area (Å²) < 4.78 is 44.4. The standard InChI is InChI=1S/C20H16BrF3N5O2/c21-15-10-26-29-17(8-16(27-19(15)29)14-4-2-1-3-5-14)25-9-13-6-7-18(28(30)11-13)31-12-20(22,23)24/h1-8,10-11,25,30H,9,12H2/q+1. The summed E-state index contributed by atoms with van der Waals surface area (Å²) in [6.07, 6.45) is -1.58. The van der Waals surface area contributed by atoms with Crippen molar-refractivity contribution in [3.63, 3.8) is 0 Å². The van der Waals surface area contributed by atoms with Gasteiger partial charge in [0.1, 0.15) is 5.82 Å². The lowest BCUT2D eigenvalue weighted by atomic mass is 10.1. The molecule has 0 aliphatic rings. The molecule has 4 rings (SSSR count). The van der Waals surface area contributed by atoms with E-state index in [0.29, 0.717) is 21.8 Å². The summed E-state index contributed by atoms with van der Waals surface area (Å²) in [6.45, 7) is -1.22. The van der Waals surface area contributed by atoms with Crippen LogP contribution in [0.3, 0.4) is 0 Å². The number of alkyl halides is 3. The van der Waals surface area contributed by atoms with Crippen LogP contribution in [0.5, 0.6) is 5.88 Å². The molecule has 0 aliphatic carbocycles. The Kier molecular flexibility index (Phi) is 5.68. The van der Waals surface area contributed by atoms with Gasteiger partial charge < -0.3 is 10.1 Å². The van der Waals surface area contributed by atoms with Gasteiger partial charge in [-0.15, -0.1) is 0 Å². The minimum absolute atomic E-state index is 0.269. The highest BCUT2D eigenvalue weighted by Gasteiger charge is 2.30. The van der Waals surface area contributed by atoms with Crippen LogP contribution >= 0.6 is 15.9 Å². The number of hydrogen-bond acceptors (Lipinski definition) is 5. The number of rotatable bonds is 6. The third-order valence-electron chi connectivity index (χ3n) is 4.31. The molecular weight excluding hydrogens is 479 g/mol. The molecule has 7 nitrogen and oxygen atoms in total. The van der Waals surface area contributed by atoms with E-state index in [2.05, 4.69) is 36.1 Å². The predicted molar refractivity (Wildman–Crippen MR) is 109 cm³/mol. The number of halogens is 4. The molecule has 160 valence electrons. The molecule has 0 fully saturated rings. The first-order valence-electron chi connectivity index (χ1n) is 9.07. The van der Waals surface area contributed by atoms with Crippen molar-refractivity contribution >= 4 is 27.4 Å². The fourth-order valence-corrected chi connectivity index (χ4v) is 3.25. The Labute approximate surface area is 182 Å². The van der Waals surface area contributed by atoms with Gasteiger partial charge in [-0.1, -0.05) is 30.3 Å². The number of fused-ring (bicyclic) bond motifs is 1. The number of nitrogens with one attached hydrogen (secondary N) is 1. The molecule has 4 aromatic rings. The van der Waals surface area contributed by atoms with Crippen LogP contribution in [0.2, 0.25) is 0 Å². The van der Waals surface area contributed by atoms with Crippen molar-refractivity contribution in [1.29, 1.82) is 0 Å². The molecule has 0 bridgehead atoms. The summed E-state index contributed by atoms with van der Waals surface area (Å²) in [5.74, 6) is 0.339. The fraction of sp³-hybridized carbons (Fsp3) is 0.150. The van der Waals surface area contributed by atoms with Gasteiger partial charge in [0.2, 0.25) is 6.20 Å². The van der Waals surface area contributed by atoms with Crippen LogP contribution in [0.4, 0.5) is 19.0 Å². The van der Waals surface area contributed by atoms with Crippen molar-refractivity contribution in [2.75, 3.05) is 11.9 Å². The van der Waals surface area contributed by atoms with E-state index < -0.39 is 12.8 Å². The Morgan fingerprint density at radius 1 is 1.16 bits per heavy atom. The average molecular weight is 495 g/mol. The molecule has 31 heavy (non-hydrogen) atoms. The van der Waals surface area contributed by atoms with Gasteiger partial charge in [0.15, 0.2) is 12.3 Å². The van der Waals surface area contributed by atoms with E-state index >= 15 is 0 Å². The third-order valence-corrected chi connectivity index (χ3v) is 4.87. The number of nitrogens with zero attached hydrogens (tertiary/aromatic N) is 4. The molecule has 0 radical (unpaired) electrons. The molecular formula is C20H16BrF3N5O2+. The zero-order chi connectivity index (χ0) is 22.0. The lowest BCUT2D eigenvalue weighted by Gasteiger charge is -2.11. The van der Waals surface area contributed by atoms with Gasteiger partial charge in [-0.05, 0) is 22.0 Å². The lowest BCUT2D eigenvalue weighted by molar-refractivity contribution is -0.906. The van der Waals surface area contributed by atoms with E-state index in [0.717, 1.165) is 15.7 Å². The van der Waals surface area contributed by atoms with Gasteiger partial charge in [-0.2, -0.15) is 22.8 Å². The number of pyridine rings is 1. The Bertz CT molecular complexity index is 1210. The Hall–Kier alpha value is -3.34. The van der Waals surface area contributed by atoms with Crippen LogP contribution in [-0.2, 0) is 6.54 Å². The molecule has 0 amide bonds. The van der Waals surface area contributed by atoms with Crippen molar-refractivity contribution in [3.05, 3.63) is 71.0 Å². The second kappa shape index (κ2) is 8.42. The molecule has 0 unspecified atom stereocenters. The van der Waals surface area contributed by atoms with E-state index in [1.54, 1.807) is 16.8 Å².